The second-order valence-corrected chi connectivity index (χ2v) is 10.3. The molecule has 0 bridgehead atoms. The Morgan fingerprint density at radius 3 is 2.28 bits per heavy atom. The lowest BCUT2D eigenvalue weighted by molar-refractivity contribution is -0.121. The average molecular weight is 522 g/mol. The molecule has 0 atom stereocenters. The molecular formula is C22H24BrN3O5S. The van der Waals surface area contributed by atoms with Crippen molar-refractivity contribution in [2.75, 3.05) is 6.54 Å². The molecule has 10 heteroatoms. The Morgan fingerprint density at radius 2 is 1.69 bits per heavy atom. The lowest BCUT2D eigenvalue weighted by Crippen LogP contribution is -2.46. The van der Waals surface area contributed by atoms with E-state index in [1.807, 2.05) is 0 Å². The lowest BCUT2D eigenvalue weighted by atomic mass is 9.95. The van der Waals surface area contributed by atoms with Gasteiger partial charge in [0.25, 0.3) is 5.91 Å². The SMILES string of the molecule is O=C(CN(C1CCCCC1)S(=O)(=O)c1ccc(Br)cc1)NN=Cc1ccc(C(=O)O)cc1. The van der Waals surface area contributed by atoms with Gasteiger partial charge in [0.1, 0.15) is 0 Å². The Labute approximate surface area is 195 Å². The molecule has 0 aliphatic heterocycles. The van der Waals surface area contributed by atoms with E-state index in [1.54, 1.807) is 24.3 Å². The smallest absolute Gasteiger partial charge is 0.335 e. The van der Waals surface area contributed by atoms with Crippen LogP contribution in [0.3, 0.4) is 0 Å². The number of carboxylic acid groups (broad SMARTS) is 1. The molecular weight excluding hydrogens is 498 g/mol. The normalized spacial score (nSPS) is 15.2. The van der Waals surface area contributed by atoms with E-state index in [0.717, 1.165) is 23.7 Å². The zero-order chi connectivity index (χ0) is 23.1. The van der Waals surface area contributed by atoms with Crippen LogP contribution in [0.2, 0.25) is 0 Å². The average Bonchev–Trinajstić information content (AvgIpc) is 2.78. The fraction of sp³-hybridized carbons (Fsp3) is 0.318. The molecule has 0 saturated heterocycles. The van der Waals surface area contributed by atoms with Gasteiger partial charge in [0, 0.05) is 10.5 Å². The third-order valence-electron chi connectivity index (χ3n) is 5.26. The first-order valence-corrected chi connectivity index (χ1v) is 12.4. The fourth-order valence-electron chi connectivity index (χ4n) is 3.59. The Morgan fingerprint density at radius 1 is 1.06 bits per heavy atom. The first-order chi connectivity index (χ1) is 15.3. The summed E-state index contributed by atoms with van der Waals surface area (Å²) in [5.74, 6) is -1.58. The van der Waals surface area contributed by atoms with Gasteiger partial charge in [-0.1, -0.05) is 47.3 Å². The predicted molar refractivity (Wildman–Crippen MR) is 124 cm³/mol. The summed E-state index contributed by atoms with van der Waals surface area (Å²) in [7, 11) is -3.86. The topological polar surface area (TPSA) is 116 Å². The van der Waals surface area contributed by atoms with Gasteiger partial charge in [0.15, 0.2) is 0 Å². The summed E-state index contributed by atoms with van der Waals surface area (Å²) in [6, 6.07) is 12.1. The summed E-state index contributed by atoms with van der Waals surface area (Å²) in [6.07, 6.45) is 5.69. The second kappa shape index (κ2) is 10.8. The van der Waals surface area contributed by atoms with Gasteiger partial charge in [-0.05, 0) is 54.8 Å². The minimum Gasteiger partial charge on any atom is -0.478 e. The Balaban J connectivity index is 1.72. The number of nitrogens with zero attached hydrogens (tertiary/aromatic N) is 2. The number of aromatic carboxylic acids is 1. The second-order valence-electron chi connectivity index (χ2n) is 7.52. The monoisotopic (exact) mass is 521 g/mol. The van der Waals surface area contributed by atoms with Crippen LogP contribution in [0.25, 0.3) is 0 Å². The highest BCUT2D eigenvalue weighted by Crippen LogP contribution is 2.28. The summed E-state index contributed by atoms with van der Waals surface area (Å²) in [4.78, 5) is 23.6. The minimum absolute atomic E-state index is 0.140. The van der Waals surface area contributed by atoms with Crippen LogP contribution < -0.4 is 5.43 Å². The lowest BCUT2D eigenvalue weighted by Gasteiger charge is -2.32. The maximum absolute atomic E-state index is 13.3. The molecule has 2 aromatic carbocycles. The van der Waals surface area contributed by atoms with Gasteiger partial charge in [-0.3, -0.25) is 4.79 Å². The van der Waals surface area contributed by atoms with Crippen molar-refractivity contribution < 1.29 is 23.1 Å². The van der Waals surface area contributed by atoms with Crippen LogP contribution in [-0.2, 0) is 14.8 Å². The standard InChI is InChI=1S/C22H24BrN3O5S/c23-18-10-12-20(13-11-18)32(30,31)26(19-4-2-1-3-5-19)15-21(27)25-24-14-16-6-8-17(9-7-16)22(28)29/h6-14,19H,1-5,15H2,(H,25,27)(H,28,29). The molecule has 0 heterocycles. The maximum Gasteiger partial charge on any atom is 0.335 e. The molecule has 170 valence electrons. The number of hydrogen-bond acceptors (Lipinski definition) is 5. The molecule has 0 radical (unpaired) electrons. The van der Waals surface area contributed by atoms with Gasteiger partial charge in [-0.2, -0.15) is 9.41 Å². The number of hydrazone groups is 1. The summed E-state index contributed by atoms with van der Waals surface area (Å²) >= 11 is 3.31. The van der Waals surface area contributed by atoms with Gasteiger partial charge < -0.3 is 5.11 Å². The molecule has 1 fully saturated rings. The van der Waals surface area contributed by atoms with Crippen LogP contribution in [-0.4, -0.2) is 48.5 Å². The zero-order valence-corrected chi connectivity index (χ0v) is 19.7. The number of sulfonamides is 1. The van der Waals surface area contributed by atoms with Crippen LogP contribution in [0.4, 0.5) is 0 Å². The number of halogens is 1. The number of hydrogen-bond donors (Lipinski definition) is 2. The van der Waals surface area contributed by atoms with E-state index in [4.69, 9.17) is 5.11 Å². The number of carbonyl (C=O) groups excluding carboxylic acids is 1. The molecule has 2 N–H and O–H groups in total. The van der Waals surface area contributed by atoms with Crippen molar-refractivity contribution in [3.05, 3.63) is 64.1 Å². The van der Waals surface area contributed by atoms with E-state index < -0.39 is 21.9 Å². The molecule has 0 unspecified atom stereocenters. The van der Waals surface area contributed by atoms with Gasteiger partial charge in [-0.15, -0.1) is 0 Å². The molecule has 1 amide bonds. The molecule has 1 aliphatic carbocycles. The first kappa shape index (κ1) is 24.1. The molecule has 32 heavy (non-hydrogen) atoms. The molecule has 0 spiro atoms. The molecule has 8 nitrogen and oxygen atoms in total. The summed E-state index contributed by atoms with van der Waals surface area (Å²) in [5.41, 5.74) is 3.12. The maximum atomic E-state index is 13.3. The van der Waals surface area contributed by atoms with Crippen molar-refractivity contribution in [3.63, 3.8) is 0 Å². The number of rotatable bonds is 8. The quantitative estimate of drug-likeness (QED) is 0.406. The minimum atomic E-state index is -3.86. The molecule has 0 aromatic heterocycles. The van der Waals surface area contributed by atoms with Crippen molar-refractivity contribution in [3.8, 4) is 0 Å². The van der Waals surface area contributed by atoms with E-state index >= 15 is 0 Å². The third-order valence-corrected chi connectivity index (χ3v) is 7.70. The predicted octanol–water partition coefficient (Wildman–Crippen LogP) is 3.62. The van der Waals surface area contributed by atoms with Crippen molar-refractivity contribution in [1.82, 2.24) is 9.73 Å². The molecule has 1 saturated carbocycles. The largest absolute Gasteiger partial charge is 0.478 e. The number of carbonyl (C=O) groups is 2. The van der Waals surface area contributed by atoms with E-state index in [2.05, 4.69) is 26.5 Å². The Bertz CT molecular complexity index is 1080. The van der Waals surface area contributed by atoms with Gasteiger partial charge in [0.05, 0.1) is 23.2 Å². The van der Waals surface area contributed by atoms with E-state index in [0.29, 0.717) is 18.4 Å². The number of carboxylic acids is 1. The third kappa shape index (κ3) is 6.24. The highest BCUT2D eigenvalue weighted by Gasteiger charge is 2.33. The van der Waals surface area contributed by atoms with E-state index in [9.17, 15) is 18.0 Å². The van der Waals surface area contributed by atoms with Crippen LogP contribution in [0.5, 0.6) is 0 Å². The zero-order valence-electron chi connectivity index (χ0n) is 17.3. The van der Waals surface area contributed by atoms with Crippen LogP contribution in [0.15, 0.2) is 63.0 Å². The van der Waals surface area contributed by atoms with Gasteiger partial charge in [0.2, 0.25) is 10.0 Å². The number of amides is 1. The Hall–Kier alpha value is -2.56. The van der Waals surface area contributed by atoms with Crippen molar-refractivity contribution in [2.24, 2.45) is 5.10 Å². The summed E-state index contributed by atoms with van der Waals surface area (Å²) in [6.45, 7) is -0.335. The van der Waals surface area contributed by atoms with Gasteiger partial charge in [-0.25, -0.2) is 18.6 Å². The van der Waals surface area contributed by atoms with Crippen LogP contribution in [0, 0.1) is 0 Å². The van der Waals surface area contributed by atoms with E-state index in [1.165, 1.54) is 34.8 Å². The van der Waals surface area contributed by atoms with Crippen LogP contribution >= 0.6 is 15.9 Å². The van der Waals surface area contributed by atoms with E-state index in [-0.39, 0.29) is 23.0 Å². The molecule has 2 aromatic rings. The van der Waals surface area contributed by atoms with Crippen molar-refractivity contribution >= 4 is 44.0 Å². The number of benzene rings is 2. The molecule has 1 aliphatic rings. The van der Waals surface area contributed by atoms with Crippen molar-refractivity contribution in [1.29, 1.82) is 0 Å². The van der Waals surface area contributed by atoms with Gasteiger partial charge >= 0.3 is 5.97 Å². The summed E-state index contributed by atoms with van der Waals surface area (Å²) < 4.78 is 28.7. The highest BCUT2D eigenvalue weighted by molar-refractivity contribution is 9.10. The summed E-state index contributed by atoms with van der Waals surface area (Å²) in [5, 5.41) is 12.8. The fourth-order valence-corrected chi connectivity index (χ4v) is 5.49. The first-order valence-electron chi connectivity index (χ1n) is 10.2. The van der Waals surface area contributed by atoms with Crippen molar-refractivity contribution in [2.45, 2.75) is 43.0 Å². The highest BCUT2D eigenvalue weighted by atomic mass is 79.9. The number of nitrogens with one attached hydrogen (secondary N) is 1. The van der Waals surface area contributed by atoms with Crippen LogP contribution in [0.1, 0.15) is 48.0 Å². The Kier molecular flexibility index (Phi) is 8.16. The molecule has 3 rings (SSSR count).